The summed E-state index contributed by atoms with van der Waals surface area (Å²) in [6, 6.07) is 13.7. The third-order valence-corrected chi connectivity index (χ3v) is 6.40. The monoisotopic (exact) mass is 388 g/mol. The number of nitrogens with two attached hydrogens (primary N) is 1. The average molecular weight is 389 g/mol. The predicted octanol–water partition coefficient (Wildman–Crippen LogP) is 4.89. The lowest BCUT2D eigenvalue weighted by atomic mass is 9.90. The quantitative estimate of drug-likeness (QED) is 0.654. The van der Waals surface area contributed by atoms with E-state index in [2.05, 4.69) is 72.0 Å². The van der Waals surface area contributed by atoms with Gasteiger partial charge in [0.25, 0.3) is 0 Å². The van der Waals surface area contributed by atoms with Gasteiger partial charge in [-0.2, -0.15) is 0 Å². The van der Waals surface area contributed by atoms with Crippen LogP contribution in [0.1, 0.15) is 46.8 Å². The van der Waals surface area contributed by atoms with E-state index in [1.807, 2.05) is 6.33 Å². The van der Waals surface area contributed by atoms with Crippen LogP contribution in [0.25, 0.3) is 11.1 Å². The van der Waals surface area contributed by atoms with Crippen LogP contribution >= 0.6 is 0 Å². The van der Waals surface area contributed by atoms with E-state index in [0.717, 1.165) is 32.4 Å². The number of piperidine rings is 1. The van der Waals surface area contributed by atoms with Crippen LogP contribution in [0.5, 0.6) is 0 Å². The summed E-state index contributed by atoms with van der Waals surface area (Å²) in [6.45, 7) is 9.29. The zero-order chi connectivity index (χ0) is 20.4. The molecule has 0 aliphatic carbocycles. The number of imidazole rings is 1. The molecule has 3 N–H and O–H groups in total. The lowest BCUT2D eigenvalue weighted by molar-refractivity contribution is 0.496. The summed E-state index contributed by atoms with van der Waals surface area (Å²) < 4.78 is 0. The van der Waals surface area contributed by atoms with Gasteiger partial charge in [-0.05, 0) is 74.9 Å². The number of hydrogen-bond acceptors (Lipinski definition) is 3. The Kier molecular flexibility index (Phi) is 5.72. The lowest BCUT2D eigenvalue weighted by Gasteiger charge is -2.35. The van der Waals surface area contributed by atoms with Gasteiger partial charge in [0.15, 0.2) is 0 Å². The topological polar surface area (TPSA) is 57.9 Å². The predicted molar refractivity (Wildman–Crippen MR) is 122 cm³/mol. The zero-order valence-corrected chi connectivity index (χ0v) is 17.8. The van der Waals surface area contributed by atoms with Gasteiger partial charge in [-0.15, -0.1) is 0 Å². The summed E-state index contributed by atoms with van der Waals surface area (Å²) in [7, 11) is 0. The number of aromatic nitrogens is 2. The first kappa shape index (κ1) is 19.7. The van der Waals surface area contributed by atoms with Gasteiger partial charge in [-0.25, -0.2) is 4.98 Å². The molecular formula is C25H32N4. The van der Waals surface area contributed by atoms with Crippen molar-refractivity contribution >= 4 is 5.69 Å². The molecule has 0 radical (unpaired) electrons. The molecule has 3 aromatic rings. The van der Waals surface area contributed by atoms with Crippen molar-refractivity contribution in [1.82, 2.24) is 9.97 Å². The molecule has 1 aliphatic rings. The van der Waals surface area contributed by atoms with Crippen molar-refractivity contribution in [2.75, 3.05) is 24.5 Å². The molecule has 0 amide bonds. The highest BCUT2D eigenvalue weighted by Crippen LogP contribution is 2.37. The number of nitrogens with one attached hydrogen (secondary N) is 1. The van der Waals surface area contributed by atoms with Gasteiger partial charge in [0, 0.05) is 36.0 Å². The molecule has 0 saturated carbocycles. The van der Waals surface area contributed by atoms with Gasteiger partial charge in [-0.1, -0.05) is 30.3 Å². The van der Waals surface area contributed by atoms with Gasteiger partial charge in [-0.3, -0.25) is 0 Å². The van der Waals surface area contributed by atoms with Crippen molar-refractivity contribution < 1.29 is 0 Å². The molecule has 1 saturated heterocycles. The van der Waals surface area contributed by atoms with Gasteiger partial charge in [0.05, 0.1) is 12.0 Å². The molecule has 152 valence electrons. The maximum atomic E-state index is 5.84. The highest BCUT2D eigenvalue weighted by molar-refractivity contribution is 5.80. The molecule has 4 nitrogen and oxygen atoms in total. The van der Waals surface area contributed by atoms with E-state index in [1.54, 1.807) is 0 Å². The molecule has 0 unspecified atom stereocenters. The smallest absolute Gasteiger partial charge is 0.0925 e. The SMILES string of the molecule is Cc1ccc(-c2ccc(CCN)cc2N2CCC(c3nc[nH]c3C)CC2)cc1C. The van der Waals surface area contributed by atoms with Crippen molar-refractivity contribution in [1.29, 1.82) is 0 Å². The molecule has 0 atom stereocenters. The number of hydrogen-bond donors (Lipinski definition) is 2. The summed E-state index contributed by atoms with van der Waals surface area (Å²) in [6.07, 6.45) is 5.02. The number of anilines is 1. The second kappa shape index (κ2) is 8.42. The summed E-state index contributed by atoms with van der Waals surface area (Å²) in [5.74, 6) is 0.551. The van der Waals surface area contributed by atoms with E-state index in [9.17, 15) is 0 Å². The third kappa shape index (κ3) is 4.08. The van der Waals surface area contributed by atoms with E-state index >= 15 is 0 Å². The molecule has 29 heavy (non-hydrogen) atoms. The van der Waals surface area contributed by atoms with Crippen LogP contribution in [-0.2, 0) is 6.42 Å². The first-order chi connectivity index (χ1) is 14.1. The van der Waals surface area contributed by atoms with Crippen LogP contribution in [0, 0.1) is 20.8 Å². The van der Waals surface area contributed by atoms with Crippen molar-refractivity contribution in [2.24, 2.45) is 5.73 Å². The Bertz CT molecular complexity index is 980. The van der Waals surface area contributed by atoms with Crippen LogP contribution in [0.3, 0.4) is 0 Å². The number of benzene rings is 2. The number of nitrogens with zero attached hydrogens (tertiary/aromatic N) is 2. The Morgan fingerprint density at radius 3 is 2.48 bits per heavy atom. The van der Waals surface area contributed by atoms with E-state index < -0.39 is 0 Å². The Balaban J connectivity index is 1.64. The van der Waals surface area contributed by atoms with Crippen LogP contribution in [-0.4, -0.2) is 29.6 Å². The fraction of sp³-hybridized carbons (Fsp3) is 0.400. The minimum atomic E-state index is 0.551. The lowest BCUT2D eigenvalue weighted by Crippen LogP contribution is -2.33. The van der Waals surface area contributed by atoms with Crippen LogP contribution in [0.15, 0.2) is 42.7 Å². The van der Waals surface area contributed by atoms with Gasteiger partial charge in [0.1, 0.15) is 0 Å². The Morgan fingerprint density at radius 1 is 1.03 bits per heavy atom. The van der Waals surface area contributed by atoms with Crippen molar-refractivity contribution in [3.05, 3.63) is 70.8 Å². The molecule has 4 rings (SSSR count). The number of H-pyrrole nitrogens is 1. The molecule has 2 aromatic carbocycles. The normalized spacial score (nSPS) is 15.1. The number of rotatable bonds is 5. The van der Waals surface area contributed by atoms with E-state index in [1.165, 1.54) is 44.9 Å². The van der Waals surface area contributed by atoms with Crippen LogP contribution < -0.4 is 10.6 Å². The second-order valence-corrected chi connectivity index (χ2v) is 8.36. The van der Waals surface area contributed by atoms with E-state index in [0.29, 0.717) is 12.5 Å². The third-order valence-electron chi connectivity index (χ3n) is 6.40. The molecule has 0 bridgehead atoms. The van der Waals surface area contributed by atoms with Crippen molar-refractivity contribution in [2.45, 2.75) is 46.0 Å². The highest BCUT2D eigenvalue weighted by atomic mass is 15.1. The summed E-state index contributed by atoms with van der Waals surface area (Å²) in [5.41, 5.74) is 16.3. The fourth-order valence-electron chi connectivity index (χ4n) is 4.49. The second-order valence-electron chi connectivity index (χ2n) is 8.36. The molecule has 1 aromatic heterocycles. The maximum Gasteiger partial charge on any atom is 0.0925 e. The van der Waals surface area contributed by atoms with Crippen LogP contribution in [0.4, 0.5) is 5.69 Å². The maximum absolute atomic E-state index is 5.84. The Labute approximate surface area is 174 Å². The van der Waals surface area contributed by atoms with Gasteiger partial charge >= 0.3 is 0 Å². The van der Waals surface area contributed by atoms with Crippen molar-refractivity contribution in [3.8, 4) is 11.1 Å². The minimum Gasteiger partial charge on any atom is -0.371 e. The van der Waals surface area contributed by atoms with E-state index in [4.69, 9.17) is 5.73 Å². The first-order valence-corrected chi connectivity index (χ1v) is 10.7. The summed E-state index contributed by atoms with van der Waals surface area (Å²) in [5, 5.41) is 0. The summed E-state index contributed by atoms with van der Waals surface area (Å²) >= 11 is 0. The molecule has 2 heterocycles. The Hall–Kier alpha value is -2.59. The zero-order valence-electron chi connectivity index (χ0n) is 17.8. The largest absolute Gasteiger partial charge is 0.371 e. The highest BCUT2D eigenvalue weighted by Gasteiger charge is 2.25. The van der Waals surface area contributed by atoms with Gasteiger partial charge in [0.2, 0.25) is 0 Å². The fourth-order valence-corrected chi connectivity index (χ4v) is 4.49. The average Bonchev–Trinajstić information content (AvgIpc) is 3.16. The van der Waals surface area contributed by atoms with Crippen LogP contribution in [0.2, 0.25) is 0 Å². The molecule has 1 fully saturated rings. The van der Waals surface area contributed by atoms with Crippen molar-refractivity contribution in [3.63, 3.8) is 0 Å². The summed E-state index contributed by atoms with van der Waals surface area (Å²) in [4.78, 5) is 10.4. The molecule has 0 spiro atoms. The molecule has 1 aliphatic heterocycles. The molecule has 4 heteroatoms. The van der Waals surface area contributed by atoms with Gasteiger partial charge < -0.3 is 15.6 Å². The Morgan fingerprint density at radius 2 is 1.83 bits per heavy atom. The minimum absolute atomic E-state index is 0.551. The van der Waals surface area contributed by atoms with E-state index in [-0.39, 0.29) is 0 Å². The first-order valence-electron chi connectivity index (χ1n) is 10.7. The number of aromatic amines is 1. The molecular weight excluding hydrogens is 356 g/mol. The number of aryl methyl sites for hydroxylation is 3. The standard InChI is InChI=1S/C25H32N4/c1-17-4-6-22(14-18(17)2)23-7-5-20(8-11-26)15-24(23)29-12-9-21(10-13-29)25-19(3)27-16-28-25/h4-7,14-16,21H,8-13,26H2,1-3H3,(H,27,28).